The number of carbonyl (C=O) groups excluding carboxylic acids is 1. The van der Waals surface area contributed by atoms with Crippen LogP contribution in [0, 0.1) is 5.92 Å². The van der Waals surface area contributed by atoms with Gasteiger partial charge in [-0.3, -0.25) is 0 Å². The maximum Gasteiger partial charge on any atom is 0.338 e. The van der Waals surface area contributed by atoms with Crippen molar-refractivity contribution in [3.63, 3.8) is 0 Å². The van der Waals surface area contributed by atoms with Gasteiger partial charge in [0.15, 0.2) is 6.29 Å². The van der Waals surface area contributed by atoms with Crippen LogP contribution in [-0.4, -0.2) is 25.5 Å². The van der Waals surface area contributed by atoms with E-state index in [2.05, 4.69) is 11.7 Å². The number of hydrogen-bond donors (Lipinski definition) is 0. The van der Waals surface area contributed by atoms with E-state index < -0.39 is 0 Å². The maximum atomic E-state index is 9.59. The summed E-state index contributed by atoms with van der Waals surface area (Å²) in [5.41, 5.74) is 0. The normalized spacial score (nSPS) is 28.0. The Morgan fingerprint density at radius 3 is 2.43 bits per heavy atom. The first-order chi connectivity index (χ1) is 6.77. The van der Waals surface area contributed by atoms with Gasteiger partial charge in [0.05, 0.1) is 12.7 Å². The van der Waals surface area contributed by atoms with Gasteiger partial charge in [0.25, 0.3) is 0 Å². The minimum absolute atomic E-state index is 0.111. The van der Waals surface area contributed by atoms with Crippen molar-refractivity contribution in [1.29, 1.82) is 0 Å². The molecule has 0 aromatic heterocycles. The summed E-state index contributed by atoms with van der Waals surface area (Å²) in [5.74, 6) is 0.412. The first-order valence-corrected chi connectivity index (χ1v) is 4.88. The predicted molar refractivity (Wildman–Crippen MR) is 50.4 cm³/mol. The van der Waals surface area contributed by atoms with E-state index in [1.807, 2.05) is 6.92 Å². The van der Waals surface area contributed by atoms with Crippen LogP contribution in [0.1, 0.15) is 20.3 Å². The van der Waals surface area contributed by atoms with Crippen LogP contribution in [0.4, 0.5) is 0 Å². The zero-order valence-electron chi connectivity index (χ0n) is 8.56. The molecule has 0 N–H and O–H groups in total. The standard InChI is InChI=1S/C7H14O2.C3H2O2/c1-3-6-5-9-7(6)8-4-2;4-3-1-2-5-3/h6-7H,3-5H2,1-2H3;1-2H. The van der Waals surface area contributed by atoms with Gasteiger partial charge in [0.1, 0.15) is 6.26 Å². The van der Waals surface area contributed by atoms with Crippen LogP contribution in [0.15, 0.2) is 12.3 Å². The smallest absolute Gasteiger partial charge is 0.338 e. The lowest BCUT2D eigenvalue weighted by atomic mass is 10.0. The Morgan fingerprint density at radius 2 is 2.21 bits per heavy atom. The molecule has 2 atom stereocenters. The summed E-state index contributed by atoms with van der Waals surface area (Å²) in [6.45, 7) is 5.82. The lowest BCUT2D eigenvalue weighted by Gasteiger charge is -2.35. The third-order valence-electron chi connectivity index (χ3n) is 2.10. The van der Waals surface area contributed by atoms with E-state index in [-0.39, 0.29) is 12.3 Å². The van der Waals surface area contributed by atoms with E-state index in [1.165, 1.54) is 18.8 Å². The lowest BCUT2D eigenvalue weighted by Crippen LogP contribution is -2.41. The number of hydrogen-bond acceptors (Lipinski definition) is 4. The Morgan fingerprint density at radius 1 is 1.57 bits per heavy atom. The van der Waals surface area contributed by atoms with Crippen molar-refractivity contribution in [3.8, 4) is 0 Å². The molecule has 0 bridgehead atoms. The highest BCUT2D eigenvalue weighted by Gasteiger charge is 2.30. The number of rotatable bonds is 3. The molecule has 14 heavy (non-hydrogen) atoms. The second-order valence-corrected chi connectivity index (χ2v) is 3.07. The van der Waals surface area contributed by atoms with Crippen LogP contribution in [0.3, 0.4) is 0 Å². The largest absolute Gasteiger partial charge is 0.431 e. The summed E-state index contributed by atoms with van der Waals surface area (Å²) in [6.07, 6.45) is 3.99. The number of ether oxygens (including phenoxy) is 3. The highest BCUT2D eigenvalue weighted by atomic mass is 16.7. The molecule has 1 saturated heterocycles. The van der Waals surface area contributed by atoms with E-state index in [9.17, 15) is 4.79 Å². The minimum atomic E-state index is -0.245. The van der Waals surface area contributed by atoms with Gasteiger partial charge in [0.2, 0.25) is 0 Å². The van der Waals surface area contributed by atoms with Gasteiger partial charge in [-0.2, -0.15) is 0 Å². The highest BCUT2D eigenvalue weighted by Crippen LogP contribution is 2.23. The molecule has 80 valence electrons. The number of carbonyl (C=O) groups is 1. The Balaban J connectivity index is 0.000000165. The average molecular weight is 200 g/mol. The Bertz CT molecular complexity index is 210. The van der Waals surface area contributed by atoms with Crippen LogP contribution >= 0.6 is 0 Å². The molecule has 0 amide bonds. The maximum absolute atomic E-state index is 9.59. The fraction of sp³-hybridized carbons (Fsp3) is 0.700. The van der Waals surface area contributed by atoms with Crippen molar-refractivity contribution in [1.82, 2.24) is 0 Å². The second-order valence-electron chi connectivity index (χ2n) is 3.07. The van der Waals surface area contributed by atoms with Crippen LogP contribution in [0.5, 0.6) is 0 Å². The van der Waals surface area contributed by atoms with Gasteiger partial charge in [-0.15, -0.1) is 0 Å². The summed E-state index contributed by atoms with van der Waals surface area (Å²) in [7, 11) is 0. The van der Waals surface area contributed by atoms with Crippen molar-refractivity contribution in [2.24, 2.45) is 5.92 Å². The van der Waals surface area contributed by atoms with Crippen molar-refractivity contribution in [2.45, 2.75) is 26.6 Å². The summed E-state index contributed by atoms with van der Waals surface area (Å²) in [5, 5.41) is 0. The van der Waals surface area contributed by atoms with Crippen LogP contribution in [0.2, 0.25) is 0 Å². The Kier molecular flexibility index (Phi) is 4.62. The van der Waals surface area contributed by atoms with E-state index in [1.54, 1.807) is 0 Å². The molecule has 2 rings (SSSR count). The van der Waals surface area contributed by atoms with E-state index >= 15 is 0 Å². The lowest BCUT2D eigenvalue weighted by molar-refractivity contribution is -0.257. The Labute approximate surface area is 83.8 Å². The van der Waals surface area contributed by atoms with Gasteiger partial charge in [-0.25, -0.2) is 4.79 Å². The molecule has 4 nitrogen and oxygen atoms in total. The van der Waals surface area contributed by atoms with Crippen molar-refractivity contribution >= 4 is 5.97 Å². The average Bonchev–Trinajstić information content (AvgIpc) is 2.11. The number of esters is 1. The number of cyclic esters (lactones) is 1. The molecule has 0 aromatic carbocycles. The predicted octanol–water partition coefficient (Wildman–Crippen LogP) is 1.46. The Hall–Kier alpha value is -0.870. The third-order valence-corrected chi connectivity index (χ3v) is 2.10. The molecule has 0 aromatic rings. The molecule has 0 saturated carbocycles. The molecule has 2 heterocycles. The van der Waals surface area contributed by atoms with Crippen LogP contribution in [-0.2, 0) is 19.0 Å². The molecular formula is C10H16O4. The zero-order valence-corrected chi connectivity index (χ0v) is 8.56. The summed E-state index contributed by atoms with van der Waals surface area (Å²) in [6, 6.07) is 0. The SMILES string of the molecule is CCOC1OCC1CC.O=C1C=CO1. The van der Waals surface area contributed by atoms with Gasteiger partial charge >= 0.3 is 5.97 Å². The molecule has 0 aliphatic carbocycles. The first kappa shape index (κ1) is 11.2. The fourth-order valence-corrected chi connectivity index (χ4v) is 1.09. The van der Waals surface area contributed by atoms with E-state index in [0.29, 0.717) is 5.92 Å². The van der Waals surface area contributed by atoms with Crippen molar-refractivity contribution in [2.75, 3.05) is 13.2 Å². The quantitative estimate of drug-likeness (QED) is 0.647. The molecular weight excluding hydrogens is 184 g/mol. The van der Waals surface area contributed by atoms with Crippen LogP contribution in [0.25, 0.3) is 0 Å². The summed E-state index contributed by atoms with van der Waals surface area (Å²) < 4.78 is 14.5. The fourth-order valence-electron chi connectivity index (χ4n) is 1.09. The molecule has 2 aliphatic rings. The van der Waals surface area contributed by atoms with Gasteiger partial charge in [-0.1, -0.05) is 6.92 Å². The van der Waals surface area contributed by atoms with Gasteiger partial charge < -0.3 is 14.2 Å². The van der Waals surface area contributed by atoms with E-state index in [4.69, 9.17) is 9.47 Å². The van der Waals surface area contributed by atoms with Crippen molar-refractivity contribution in [3.05, 3.63) is 12.3 Å². The van der Waals surface area contributed by atoms with Crippen molar-refractivity contribution < 1.29 is 19.0 Å². The van der Waals surface area contributed by atoms with E-state index in [0.717, 1.165) is 13.2 Å². The zero-order chi connectivity index (χ0) is 10.4. The molecule has 0 spiro atoms. The van der Waals surface area contributed by atoms with Crippen LogP contribution < -0.4 is 0 Å². The highest BCUT2D eigenvalue weighted by molar-refractivity contribution is 5.86. The van der Waals surface area contributed by atoms with Gasteiger partial charge in [0, 0.05) is 12.5 Å². The third kappa shape index (κ3) is 3.12. The monoisotopic (exact) mass is 200 g/mol. The molecule has 1 fully saturated rings. The molecule has 4 heteroatoms. The summed E-state index contributed by atoms with van der Waals surface area (Å²) in [4.78, 5) is 9.59. The first-order valence-electron chi connectivity index (χ1n) is 4.88. The minimum Gasteiger partial charge on any atom is -0.431 e. The molecule has 2 aliphatic heterocycles. The second kappa shape index (κ2) is 5.78. The summed E-state index contributed by atoms with van der Waals surface area (Å²) >= 11 is 0. The molecule has 0 radical (unpaired) electrons. The van der Waals surface area contributed by atoms with Gasteiger partial charge in [-0.05, 0) is 13.3 Å². The topological polar surface area (TPSA) is 44.8 Å². The molecule has 2 unspecified atom stereocenters.